The predicted octanol–water partition coefficient (Wildman–Crippen LogP) is 1.16. The van der Waals surface area contributed by atoms with Crippen LogP contribution in [0.25, 0.3) is 0 Å². The third kappa shape index (κ3) is 3.72. The Kier molecular flexibility index (Phi) is 3.96. The molecule has 1 atom stereocenters. The smallest absolute Gasteiger partial charge is 0.407 e. The quantitative estimate of drug-likeness (QED) is 0.844. The summed E-state index contributed by atoms with van der Waals surface area (Å²) in [7, 11) is 0. The van der Waals surface area contributed by atoms with Crippen molar-refractivity contribution in [1.29, 1.82) is 0 Å². The Bertz CT molecular complexity index is 486. The molecule has 20 heavy (non-hydrogen) atoms. The van der Waals surface area contributed by atoms with Crippen molar-refractivity contribution in [2.45, 2.75) is 38.8 Å². The molecular weight excluding hydrogens is 258 g/mol. The fourth-order valence-corrected chi connectivity index (χ4v) is 2.14. The summed E-state index contributed by atoms with van der Waals surface area (Å²) in [6.45, 7) is 6.99. The van der Waals surface area contributed by atoms with Crippen molar-refractivity contribution in [2.24, 2.45) is 0 Å². The number of hydrogen-bond donors (Lipinski definition) is 2. The van der Waals surface area contributed by atoms with E-state index in [2.05, 4.69) is 15.3 Å². The van der Waals surface area contributed by atoms with Gasteiger partial charge in [-0.15, -0.1) is 0 Å². The highest BCUT2D eigenvalue weighted by molar-refractivity contribution is 5.68. The van der Waals surface area contributed by atoms with Gasteiger partial charge >= 0.3 is 6.09 Å². The van der Waals surface area contributed by atoms with E-state index in [-0.39, 0.29) is 12.1 Å². The largest absolute Gasteiger partial charge is 0.444 e. The van der Waals surface area contributed by atoms with Gasteiger partial charge in [-0.05, 0) is 27.2 Å². The summed E-state index contributed by atoms with van der Waals surface area (Å²) in [4.78, 5) is 21.8. The van der Waals surface area contributed by atoms with E-state index in [1.54, 1.807) is 6.20 Å². The van der Waals surface area contributed by atoms with Gasteiger partial charge in [-0.3, -0.25) is 0 Å². The predicted molar refractivity (Wildman–Crippen MR) is 76.4 cm³/mol. The molecule has 3 N–H and O–H groups in total. The first-order valence-electron chi connectivity index (χ1n) is 6.65. The van der Waals surface area contributed by atoms with Crippen LogP contribution in [0.5, 0.6) is 0 Å². The maximum Gasteiger partial charge on any atom is 0.407 e. The Morgan fingerprint density at radius 3 is 2.95 bits per heavy atom. The highest BCUT2D eigenvalue weighted by atomic mass is 16.6. The normalized spacial score (nSPS) is 18.9. The van der Waals surface area contributed by atoms with Crippen LogP contribution in [0.2, 0.25) is 0 Å². The minimum absolute atomic E-state index is 0.0409. The molecule has 1 aliphatic heterocycles. The lowest BCUT2D eigenvalue weighted by atomic mass is 10.2. The maximum absolute atomic E-state index is 11.7. The molecule has 2 rings (SSSR count). The molecule has 1 aromatic heterocycles. The number of nitrogen functional groups attached to an aromatic ring is 1. The van der Waals surface area contributed by atoms with E-state index < -0.39 is 5.60 Å². The first-order valence-corrected chi connectivity index (χ1v) is 6.65. The van der Waals surface area contributed by atoms with Crippen LogP contribution in [0.4, 0.5) is 16.3 Å². The topological polar surface area (TPSA) is 93.4 Å². The summed E-state index contributed by atoms with van der Waals surface area (Å²) >= 11 is 0. The number of carbonyl (C=O) groups excluding carboxylic acids is 1. The fourth-order valence-electron chi connectivity index (χ4n) is 2.14. The van der Waals surface area contributed by atoms with Gasteiger partial charge in [-0.25, -0.2) is 14.8 Å². The molecule has 0 bridgehead atoms. The third-order valence-electron chi connectivity index (χ3n) is 2.93. The molecule has 1 fully saturated rings. The molecule has 2 heterocycles. The van der Waals surface area contributed by atoms with E-state index in [0.717, 1.165) is 13.0 Å². The number of amides is 1. The summed E-state index contributed by atoms with van der Waals surface area (Å²) in [5, 5.41) is 2.87. The summed E-state index contributed by atoms with van der Waals surface area (Å²) in [5.74, 6) is 0.716. The van der Waals surface area contributed by atoms with E-state index in [1.165, 1.54) is 6.33 Å². The molecule has 0 unspecified atom stereocenters. The van der Waals surface area contributed by atoms with Crippen molar-refractivity contribution >= 4 is 17.6 Å². The van der Waals surface area contributed by atoms with Crippen molar-refractivity contribution in [2.75, 3.05) is 23.7 Å². The van der Waals surface area contributed by atoms with Gasteiger partial charge in [0.05, 0.1) is 17.9 Å². The molecule has 1 aliphatic rings. The molecule has 0 radical (unpaired) electrons. The molecule has 0 aliphatic carbocycles. The maximum atomic E-state index is 11.7. The van der Waals surface area contributed by atoms with Gasteiger partial charge in [0, 0.05) is 13.1 Å². The molecular formula is C13H21N5O2. The summed E-state index contributed by atoms with van der Waals surface area (Å²) < 4.78 is 5.25. The van der Waals surface area contributed by atoms with E-state index in [4.69, 9.17) is 10.5 Å². The van der Waals surface area contributed by atoms with Crippen molar-refractivity contribution in [3.63, 3.8) is 0 Å². The number of rotatable bonds is 2. The average molecular weight is 279 g/mol. The van der Waals surface area contributed by atoms with Crippen LogP contribution in [0, 0.1) is 0 Å². The van der Waals surface area contributed by atoms with Crippen LogP contribution in [0.1, 0.15) is 27.2 Å². The molecule has 0 spiro atoms. The zero-order valence-electron chi connectivity index (χ0n) is 12.1. The summed E-state index contributed by atoms with van der Waals surface area (Å²) in [5.41, 5.74) is 5.91. The molecule has 1 aromatic rings. The number of hydrogen-bond acceptors (Lipinski definition) is 6. The minimum atomic E-state index is -0.487. The molecule has 0 saturated carbocycles. The number of nitrogens with zero attached hydrogens (tertiary/aromatic N) is 3. The monoisotopic (exact) mass is 279 g/mol. The van der Waals surface area contributed by atoms with Crippen molar-refractivity contribution in [1.82, 2.24) is 15.3 Å². The van der Waals surface area contributed by atoms with Gasteiger partial charge in [-0.1, -0.05) is 0 Å². The van der Waals surface area contributed by atoms with E-state index in [1.807, 2.05) is 25.7 Å². The molecule has 0 aromatic carbocycles. The molecule has 1 amide bonds. The number of alkyl carbamates (subject to hydrolysis) is 1. The van der Waals surface area contributed by atoms with Crippen LogP contribution in [-0.2, 0) is 4.74 Å². The molecule has 7 nitrogen and oxygen atoms in total. The summed E-state index contributed by atoms with van der Waals surface area (Å²) in [6.07, 6.45) is 3.50. The second-order valence-electron chi connectivity index (χ2n) is 5.88. The second kappa shape index (κ2) is 5.52. The number of anilines is 2. The van der Waals surface area contributed by atoms with Gasteiger partial charge < -0.3 is 20.7 Å². The van der Waals surface area contributed by atoms with Crippen LogP contribution in [-0.4, -0.2) is 40.8 Å². The zero-order chi connectivity index (χ0) is 14.8. The lowest BCUT2D eigenvalue weighted by molar-refractivity contribution is 0.0509. The number of carbonyl (C=O) groups is 1. The number of aromatic nitrogens is 2. The Balaban J connectivity index is 1.90. The Morgan fingerprint density at radius 2 is 2.30 bits per heavy atom. The highest BCUT2D eigenvalue weighted by Crippen LogP contribution is 2.23. The van der Waals surface area contributed by atoms with Gasteiger partial charge in [-0.2, -0.15) is 0 Å². The number of nitrogens with two attached hydrogens (primary N) is 1. The SMILES string of the molecule is CC(C)(C)OC(=O)N[C@H]1CCN(c2ncncc2N)C1. The molecule has 7 heteroatoms. The first-order chi connectivity index (χ1) is 9.35. The molecule has 1 saturated heterocycles. The Labute approximate surface area is 118 Å². The number of ether oxygens (including phenoxy) is 1. The van der Waals surface area contributed by atoms with Gasteiger partial charge in [0.15, 0.2) is 5.82 Å². The zero-order valence-corrected chi connectivity index (χ0v) is 12.1. The highest BCUT2D eigenvalue weighted by Gasteiger charge is 2.27. The minimum Gasteiger partial charge on any atom is -0.444 e. The van der Waals surface area contributed by atoms with Gasteiger partial charge in [0.25, 0.3) is 0 Å². The number of nitrogens with one attached hydrogen (secondary N) is 1. The average Bonchev–Trinajstić information content (AvgIpc) is 2.75. The van der Waals surface area contributed by atoms with Crippen molar-refractivity contribution < 1.29 is 9.53 Å². The first kappa shape index (κ1) is 14.4. The van der Waals surface area contributed by atoms with Gasteiger partial charge in [0.2, 0.25) is 0 Å². The second-order valence-corrected chi connectivity index (χ2v) is 5.88. The fraction of sp³-hybridized carbons (Fsp3) is 0.615. The van der Waals surface area contributed by atoms with Crippen LogP contribution in [0.15, 0.2) is 12.5 Å². The van der Waals surface area contributed by atoms with E-state index in [9.17, 15) is 4.79 Å². The summed E-state index contributed by atoms with van der Waals surface area (Å²) in [6, 6.07) is 0.0409. The lowest BCUT2D eigenvalue weighted by Gasteiger charge is -2.22. The van der Waals surface area contributed by atoms with Crippen LogP contribution < -0.4 is 16.0 Å². The Hall–Kier alpha value is -2.05. The Morgan fingerprint density at radius 1 is 1.55 bits per heavy atom. The standard InChI is InChI=1S/C13H21N5O2/c1-13(2,3)20-12(19)17-9-4-5-18(7-9)11-10(14)6-15-8-16-11/h6,8-9H,4-5,7,14H2,1-3H3,(H,17,19)/t9-/m0/s1. The van der Waals surface area contributed by atoms with E-state index >= 15 is 0 Å². The third-order valence-corrected chi connectivity index (χ3v) is 2.93. The van der Waals surface area contributed by atoms with E-state index in [0.29, 0.717) is 18.1 Å². The van der Waals surface area contributed by atoms with Gasteiger partial charge in [0.1, 0.15) is 11.9 Å². The van der Waals surface area contributed by atoms with Crippen molar-refractivity contribution in [3.05, 3.63) is 12.5 Å². The van der Waals surface area contributed by atoms with Crippen LogP contribution in [0.3, 0.4) is 0 Å². The molecule has 110 valence electrons. The lowest BCUT2D eigenvalue weighted by Crippen LogP contribution is -2.40. The van der Waals surface area contributed by atoms with Crippen molar-refractivity contribution in [3.8, 4) is 0 Å². The van der Waals surface area contributed by atoms with Crippen LogP contribution >= 0.6 is 0 Å².